The van der Waals surface area contributed by atoms with Gasteiger partial charge in [-0.05, 0) is 49.3 Å². The lowest BCUT2D eigenvalue weighted by molar-refractivity contribution is 0.497. The van der Waals surface area contributed by atoms with E-state index in [1.54, 1.807) is 6.08 Å². The topological polar surface area (TPSA) is 0 Å². The first-order valence-electron chi connectivity index (χ1n) is 5.89. The molecule has 92 valence electrons. The molecule has 0 atom stereocenters. The molecule has 0 saturated heterocycles. The van der Waals surface area contributed by atoms with Crippen LogP contribution in [0.3, 0.4) is 0 Å². The minimum Gasteiger partial charge on any atom is -0.247 e. The summed E-state index contributed by atoms with van der Waals surface area (Å²) in [5.41, 5.74) is 1.85. The normalized spacial score (nSPS) is 20.4. The molecule has 1 aliphatic rings. The van der Waals surface area contributed by atoms with E-state index < -0.39 is 18.3 Å². The average molecular weight is 240 g/mol. The molecule has 0 spiro atoms. The molecule has 0 unspecified atom stereocenters. The molecule has 1 aromatic carbocycles. The van der Waals surface area contributed by atoms with Gasteiger partial charge in [0.1, 0.15) is 18.3 Å². The lowest BCUT2D eigenvalue weighted by Crippen LogP contribution is -2.07. The molecule has 3 heteroatoms. The largest absolute Gasteiger partial charge is 0.247 e. The number of rotatable bonds is 2. The average Bonchev–Trinajstić information content (AvgIpc) is 2.29. The van der Waals surface area contributed by atoms with Crippen molar-refractivity contribution < 1.29 is 13.2 Å². The summed E-state index contributed by atoms with van der Waals surface area (Å²) < 4.78 is 38.3. The summed E-state index contributed by atoms with van der Waals surface area (Å²) in [4.78, 5) is 0. The van der Waals surface area contributed by atoms with Gasteiger partial charge in [-0.1, -0.05) is 11.6 Å². The van der Waals surface area contributed by atoms with Crippen molar-refractivity contribution in [2.24, 2.45) is 0 Å². The van der Waals surface area contributed by atoms with Crippen LogP contribution in [0, 0.1) is 11.6 Å². The molecule has 0 amide bonds. The zero-order valence-corrected chi connectivity index (χ0v) is 9.56. The van der Waals surface area contributed by atoms with Crippen LogP contribution in [0.4, 0.5) is 13.2 Å². The van der Waals surface area contributed by atoms with Crippen LogP contribution < -0.4 is 0 Å². The first-order valence-corrected chi connectivity index (χ1v) is 5.89. The van der Waals surface area contributed by atoms with E-state index in [-0.39, 0.29) is 5.92 Å². The molecular weight excluding hydrogens is 225 g/mol. The van der Waals surface area contributed by atoms with Gasteiger partial charge in [0.15, 0.2) is 0 Å². The monoisotopic (exact) mass is 240 g/mol. The first kappa shape index (κ1) is 12.2. The van der Waals surface area contributed by atoms with Gasteiger partial charge in [-0.25, -0.2) is 13.2 Å². The van der Waals surface area contributed by atoms with Gasteiger partial charge < -0.3 is 0 Å². The Balaban J connectivity index is 2.07. The van der Waals surface area contributed by atoms with Crippen LogP contribution in [0.2, 0.25) is 0 Å². The summed E-state index contributed by atoms with van der Waals surface area (Å²) in [6, 6.07) is 3.69. The van der Waals surface area contributed by atoms with E-state index in [2.05, 4.69) is 0 Å². The molecule has 1 saturated carbocycles. The summed E-state index contributed by atoms with van der Waals surface area (Å²) in [7, 11) is 0. The van der Waals surface area contributed by atoms with Crippen molar-refractivity contribution >= 4 is 0 Å². The Bertz CT molecular complexity index is 393. The van der Waals surface area contributed by atoms with E-state index in [0.29, 0.717) is 0 Å². The third-order valence-electron chi connectivity index (χ3n) is 3.35. The van der Waals surface area contributed by atoms with E-state index in [0.717, 1.165) is 42.9 Å². The zero-order valence-electron chi connectivity index (χ0n) is 9.56. The highest BCUT2D eigenvalue weighted by molar-refractivity contribution is 5.24. The Morgan fingerprint density at radius 3 is 2.18 bits per heavy atom. The van der Waals surface area contributed by atoms with Gasteiger partial charge >= 0.3 is 0 Å². The Hall–Kier alpha value is -1.25. The van der Waals surface area contributed by atoms with Crippen molar-refractivity contribution in [1.29, 1.82) is 0 Å². The van der Waals surface area contributed by atoms with Crippen molar-refractivity contribution in [2.75, 3.05) is 6.67 Å². The lowest BCUT2D eigenvalue weighted by atomic mass is 9.81. The van der Waals surface area contributed by atoms with Crippen LogP contribution in [0.25, 0.3) is 0 Å². The standard InChI is InChI=1S/C14H15F3/c15-6-5-10-1-3-11(4-2-10)12-7-13(16)9-14(17)8-12/h5,7-9,11H,1-4,6H2. The maximum Gasteiger partial charge on any atom is 0.126 e. The number of hydrogen-bond acceptors (Lipinski definition) is 0. The second kappa shape index (κ2) is 5.39. The third-order valence-corrected chi connectivity index (χ3v) is 3.35. The van der Waals surface area contributed by atoms with E-state index >= 15 is 0 Å². The van der Waals surface area contributed by atoms with Crippen molar-refractivity contribution in [2.45, 2.75) is 31.6 Å². The van der Waals surface area contributed by atoms with E-state index in [9.17, 15) is 13.2 Å². The highest BCUT2D eigenvalue weighted by Gasteiger charge is 2.19. The maximum atomic E-state index is 13.1. The molecule has 1 aromatic rings. The highest BCUT2D eigenvalue weighted by Crippen LogP contribution is 2.35. The Kier molecular flexibility index (Phi) is 3.87. The molecule has 1 aliphatic carbocycles. The molecule has 0 N–H and O–H groups in total. The number of hydrogen-bond donors (Lipinski definition) is 0. The summed E-state index contributed by atoms with van der Waals surface area (Å²) in [6.07, 6.45) is 4.95. The molecule has 0 radical (unpaired) electrons. The van der Waals surface area contributed by atoms with Gasteiger partial charge in [0, 0.05) is 6.07 Å². The summed E-state index contributed by atoms with van der Waals surface area (Å²) in [5, 5.41) is 0. The smallest absolute Gasteiger partial charge is 0.126 e. The van der Waals surface area contributed by atoms with E-state index in [1.807, 2.05) is 0 Å². The molecular formula is C14H15F3. The fourth-order valence-corrected chi connectivity index (χ4v) is 2.45. The van der Waals surface area contributed by atoms with Crippen LogP contribution in [-0.4, -0.2) is 6.67 Å². The van der Waals surface area contributed by atoms with Gasteiger partial charge in [0.05, 0.1) is 0 Å². The van der Waals surface area contributed by atoms with Crippen molar-refractivity contribution in [3.05, 3.63) is 47.0 Å². The Morgan fingerprint density at radius 1 is 1.06 bits per heavy atom. The van der Waals surface area contributed by atoms with Gasteiger partial charge in [0.2, 0.25) is 0 Å². The second-order valence-electron chi connectivity index (χ2n) is 4.49. The summed E-state index contributed by atoms with van der Waals surface area (Å²) in [5.74, 6) is -0.854. The minimum atomic E-state index is -0.523. The van der Waals surface area contributed by atoms with Crippen LogP contribution in [-0.2, 0) is 0 Å². The number of allylic oxidation sites excluding steroid dienone is 2. The van der Waals surface area contributed by atoms with Crippen LogP contribution in [0.1, 0.15) is 37.2 Å². The van der Waals surface area contributed by atoms with Crippen LogP contribution in [0.5, 0.6) is 0 Å². The Labute approximate surface area is 99.2 Å². The summed E-state index contributed by atoms with van der Waals surface area (Å²) >= 11 is 0. The summed E-state index contributed by atoms with van der Waals surface area (Å²) in [6.45, 7) is -0.422. The number of benzene rings is 1. The fourth-order valence-electron chi connectivity index (χ4n) is 2.45. The molecule has 2 rings (SSSR count). The molecule has 0 bridgehead atoms. The molecule has 0 aliphatic heterocycles. The van der Waals surface area contributed by atoms with Crippen molar-refractivity contribution in [3.8, 4) is 0 Å². The quantitative estimate of drug-likeness (QED) is 0.667. The van der Waals surface area contributed by atoms with Crippen molar-refractivity contribution in [1.82, 2.24) is 0 Å². The highest BCUT2D eigenvalue weighted by atomic mass is 19.1. The molecule has 17 heavy (non-hydrogen) atoms. The molecule has 0 nitrogen and oxygen atoms in total. The minimum absolute atomic E-state index is 0.192. The van der Waals surface area contributed by atoms with E-state index in [4.69, 9.17) is 0 Å². The van der Waals surface area contributed by atoms with Gasteiger partial charge in [0.25, 0.3) is 0 Å². The van der Waals surface area contributed by atoms with Crippen LogP contribution >= 0.6 is 0 Å². The second-order valence-corrected chi connectivity index (χ2v) is 4.49. The zero-order chi connectivity index (χ0) is 12.3. The van der Waals surface area contributed by atoms with E-state index in [1.165, 1.54) is 12.1 Å². The van der Waals surface area contributed by atoms with Gasteiger partial charge in [-0.15, -0.1) is 0 Å². The third kappa shape index (κ3) is 3.11. The van der Waals surface area contributed by atoms with Crippen LogP contribution in [0.15, 0.2) is 29.8 Å². The maximum absolute atomic E-state index is 13.1. The number of halogens is 3. The fraction of sp³-hybridized carbons (Fsp3) is 0.429. The Morgan fingerprint density at radius 2 is 1.65 bits per heavy atom. The number of alkyl halides is 1. The molecule has 0 heterocycles. The predicted molar refractivity (Wildman–Crippen MR) is 61.6 cm³/mol. The predicted octanol–water partition coefficient (Wildman–Crippen LogP) is 4.52. The molecule has 1 fully saturated rings. The molecule has 0 aromatic heterocycles. The van der Waals surface area contributed by atoms with Gasteiger partial charge in [-0.3, -0.25) is 0 Å². The first-order chi connectivity index (χ1) is 8.19. The van der Waals surface area contributed by atoms with Crippen molar-refractivity contribution in [3.63, 3.8) is 0 Å². The van der Waals surface area contributed by atoms with Gasteiger partial charge in [-0.2, -0.15) is 0 Å². The lowest BCUT2D eigenvalue weighted by Gasteiger charge is -2.24. The SMILES string of the molecule is FCC=C1CCC(c2cc(F)cc(F)c2)CC1.